The summed E-state index contributed by atoms with van der Waals surface area (Å²) in [7, 11) is 1.86. The number of likely N-dealkylation sites (N-methyl/N-ethyl adjacent to an activating group) is 1. The van der Waals surface area contributed by atoms with Gasteiger partial charge in [-0.1, -0.05) is 48.5 Å². The van der Waals surface area contributed by atoms with Crippen LogP contribution >= 0.6 is 0 Å². The fraction of sp³-hybridized carbons (Fsp3) is 0.143. The Morgan fingerprint density at radius 2 is 1.64 bits per heavy atom. The van der Waals surface area contributed by atoms with E-state index in [9.17, 15) is 4.79 Å². The van der Waals surface area contributed by atoms with Crippen molar-refractivity contribution in [3.8, 4) is 11.4 Å². The lowest BCUT2D eigenvalue weighted by Crippen LogP contribution is -2.27. The first kappa shape index (κ1) is 14.2. The molecule has 0 aliphatic carbocycles. The van der Waals surface area contributed by atoms with Gasteiger partial charge in [0.15, 0.2) is 0 Å². The Balaban J connectivity index is 1.87. The number of hydrogen-bond donors (Lipinski definition) is 0. The lowest BCUT2D eigenvalue weighted by Gasteiger charge is -2.14. The molecule has 2 heterocycles. The largest absolute Gasteiger partial charge is 0.340 e. The van der Waals surface area contributed by atoms with Gasteiger partial charge >= 0.3 is 0 Å². The zero-order valence-corrected chi connectivity index (χ0v) is 13.9. The quantitative estimate of drug-likeness (QED) is 0.531. The van der Waals surface area contributed by atoms with Gasteiger partial charge in [0, 0.05) is 25.7 Å². The summed E-state index contributed by atoms with van der Waals surface area (Å²) >= 11 is 0. The molecule has 3 aromatic carbocycles. The Kier molecular flexibility index (Phi) is 2.95. The number of carbonyl (C=O) groups excluding carboxylic acids is 1. The van der Waals surface area contributed by atoms with Crippen molar-refractivity contribution < 1.29 is 4.79 Å². The van der Waals surface area contributed by atoms with Gasteiger partial charge in [0.25, 0.3) is 5.91 Å². The van der Waals surface area contributed by atoms with Crippen molar-refractivity contribution in [1.29, 1.82) is 0 Å². The summed E-state index contributed by atoms with van der Waals surface area (Å²) < 4.78 is 2.20. The van der Waals surface area contributed by atoms with Crippen LogP contribution in [0.25, 0.3) is 33.2 Å². The van der Waals surface area contributed by atoms with Crippen molar-refractivity contribution >= 4 is 27.7 Å². The highest BCUT2D eigenvalue weighted by atomic mass is 16.2. The summed E-state index contributed by atoms with van der Waals surface area (Å²) in [5.41, 5.74) is 3.66. The molecule has 25 heavy (non-hydrogen) atoms. The molecule has 1 aromatic heterocycles. The van der Waals surface area contributed by atoms with Crippen LogP contribution in [0.3, 0.4) is 0 Å². The highest BCUT2D eigenvalue weighted by molar-refractivity contribution is 6.07. The smallest absolute Gasteiger partial charge is 0.255 e. The van der Waals surface area contributed by atoms with Gasteiger partial charge in [-0.15, -0.1) is 0 Å². The van der Waals surface area contributed by atoms with Gasteiger partial charge in [0.1, 0.15) is 5.82 Å². The second-order valence-electron chi connectivity index (χ2n) is 6.51. The van der Waals surface area contributed by atoms with E-state index < -0.39 is 0 Å². The Bertz CT molecular complexity index is 1140. The van der Waals surface area contributed by atoms with E-state index >= 15 is 0 Å². The highest BCUT2D eigenvalue weighted by Crippen LogP contribution is 2.33. The van der Waals surface area contributed by atoms with Crippen LogP contribution in [-0.4, -0.2) is 34.0 Å². The molecule has 0 atom stereocenters. The average Bonchev–Trinajstić information content (AvgIpc) is 2.97. The number of hydrogen-bond acceptors (Lipinski definition) is 2. The van der Waals surface area contributed by atoms with E-state index in [0.29, 0.717) is 6.54 Å². The van der Waals surface area contributed by atoms with E-state index in [0.717, 1.165) is 34.5 Å². The Morgan fingerprint density at radius 1 is 0.880 bits per heavy atom. The molecule has 5 rings (SSSR count). The summed E-state index contributed by atoms with van der Waals surface area (Å²) in [6, 6.07) is 20.5. The first-order chi connectivity index (χ1) is 12.2. The molecule has 0 saturated heterocycles. The molecular formula is C21H17N3O. The number of carbonyl (C=O) groups is 1. The van der Waals surface area contributed by atoms with E-state index in [4.69, 9.17) is 4.98 Å². The molecule has 4 heteroatoms. The van der Waals surface area contributed by atoms with E-state index in [1.807, 2.05) is 25.2 Å². The van der Waals surface area contributed by atoms with Crippen molar-refractivity contribution in [3.05, 3.63) is 66.2 Å². The lowest BCUT2D eigenvalue weighted by atomic mass is 10.0. The summed E-state index contributed by atoms with van der Waals surface area (Å²) in [5.74, 6) is 0.996. The molecule has 122 valence electrons. The number of nitrogens with zero attached hydrogens (tertiary/aromatic N) is 3. The number of imidazole rings is 1. The number of fused-ring (bicyclic) bond motifs is 1. The molecule has 4 nitrogen and oxygen atoms in total. The van der Waals surface area contributed by atoms with Crippen LogP contribution in [0, 0.1) is 0 Å². The van der Waals surface area contributed by atoms with Crippen molar-refractivity contribution in [1.82, 2.24) is 14.5 Å². The van der Waals surface area contributed by atoms with Crippen LogP contribution in [-0.2, 0) is 6.54 Å². The molecule has 1 aliphatic rings. The van der Waals surface area contributed by atoms with Crippen molar-refractivity contribution in [2.24, 2.45) is 0 Å². The molecule has 4 aromatic rings. The zero-order chi connectivity index (χ0) is 17.0. The molecule has 0 bridgehead atoms. The van der Waals surface area contributed by atoms with Crippen LogP contribution in [0.4, 0.5) is 0 Å². The van der Waals surface area contributed by atoms with Gasteiger partial charge in [-0.3, -0.25) is 4.79 Å². The highest BCUT2D eigenvalue weighted by Gasteiger charge is 2.25. The third kappa shape index (κ3) is 2.00. The van der Waals surface area contributed by atoms with Gasteiger partial charge in [-0.25, -0.2) is 4.98 Å². The van der Waals surface area contributed by atoms with Gasteiger partial charge in [-0.2, -0.15) is 0 Å². The van der Waals surface area contributed by atoms with Crippen molar-refractivity contribution in [2.75, 3.05) is 13.6 Å². The molecule has 0 saturated carbocycles. The van der Waals surface area contributed by atoms with Crippen LogP contribution in [0.5, 0.6) is 0 Å². The predicted octanol–water partition coefficient (Wildman–Crippen LogP) is 3.94. The number of rotatable bonds is 1. The Labute approximate surface area is 145 Å². The third-order valence-corrected chi connectivity index (χ3v) is 5.03. The Morgan fingerprint density at radius 3 is 2.56 bits per heavy atom. The molecule has 0 unspecified atom stereocenters. The first-order valence-electron chi connectivity index (χ1n) is 8.47. The second-order valence-corrected chi connectivity index (χ2v) is 6.51. The predicted molar refractivity (Wildman–Crippen MR) is 99.6 cm³/mol. The molecular weight excluding hydrogens is 310 g/mol. The maximum atomic E-state index is 12.7. The summed E-state index contributed by atoms with van der Waals surface area (Å²) in [5, 5.41) is 2.38. The number of benzene rings is 3. The van der Waals surface area contributed by atoms with Crippen LogP contribution in [0.2, 0.25) is 0 Å². The minimum absolute atomic E-state index is 0.0636. The van der Waals surface area contributed by atoms with E-state index in [1.54, 1.807) is 4.90 Å². The van der Waals surface area contributed by atoms with Crippen molar-refractivity contribution in [3.63, 3.8) is 0 Å². The van der Waals surface area contributed by atoms with Crippen LogP contribution in [0.1, 0.15) is 10.4 Å². The molecule has 0 radical (unpaired) electrons. The maximum Gasteiger partial charge on any atom is 0.255 e. The van der Waals surface area contributed by atoms with Gasteiger partial charge in [0.05, 0.1) is 16.6 Å². The normalized spacial score (nSPS) is 14.3. The fourth-order valence-corrected chi connectivity index (χ4v) is 3.76. The standard InChI is InChI=1S/C21H17N3O/c1-23-12-13-24-19-17(21(23)25)10-5-11-18(19)22-20(24)16-9-4-7-14-6-2-3-8-15(14)16/h2-11H,12-13H2,1H3. The van der Waals surface area contributed by atoms with E-state index in [-0.39, 0.29) is 5.91 Å². The zero-order valence-electron chi connectivity index (χ0n) is 13.9. The topological polar surface area (TPSA) is 38.1 Å². The maximum absolute atomic E-state index is 12.7. The van der Waals surface area contributed by atoms with Gasteiger partial charge in [-0.05, 0) is 22.9 Å². The number of aromatic nitrogens is 2. The average molecular weight is 327 g/mol. The van der Waals surface area contributed by atoms with Crippen molar-refractivity contribution in [2.45, 2.75) is 6.54 Å². The molecule has 1 aliphatic heterocycles. The number of para-hydroxylation sites is 1. The Hall–Kier alpha value is -3.14. The monoisotopic (exact) mass is 327 g/mol. The second kappa shape index (κ2) is 5.18. The van der Waals surface area contributed by atoms with Crippen LogP contribution in [0.15, 0.2) is 60.7 Å². The summed E-state index contributed by atoms with van der Waals surface area (Å²) in [6.45, 7) is 1.42. The molecule has 0 fully saturated rings. The summed E-state index contributed by atoms with van der Waals surface area (Å²) in [6.07, 6.45) is 0. The van der Waals surface area contributed by atoms with Gasteiger partial charge < -0.3 is 9.47 Å². The minimum atomic E-state index is 0.0636. The van der Waals surface area contributed by atoms with Gasteiger partial charge in [0.2, 0.25) is 0 Å². The SMILES string of the molecule is CN1CCn2c(-c3cccc4ccccc34)nc3cccc(c32)C1=O. The minimum Gasteiger partial charge on any atom is -0.340 e. The lowest BCUT2D eigenvalue weighted by molar-refractivity contribution is 0.0798. The first-order valence-corrected chi connectivity index (χ1v) is 8.47. The third-order valence-electron chi connectivity index (χ3n) is 5.03. The van der Waals surface area contributed by atoms with Crippen LogP contribution < -0.4 is 0 Å². The molecule has 1 amide bonds. The van der Waals surface area contributed by atoms with E-state index in [1.165, 1.54) is 10.8 Å². The summed E-state index contributed by atoms with van der Waals surface area (Å²) in [4.78, 5) is 19.4. The number of amides is 1. The molecule has 0 N–H and O–H groups in total. The fourth-order valence-electron chi connectivity index (χ4n) is 3.76. The van der Waals surface area contributed by atoms with E-state index in [2.05, 4.69) is 47.0 Å². The molecule has 0 spiro atoms.